The van der Waals surface area contributed by atoms with Crippen LogP contribution >= 0.6 is 22.9 Å². The van der Waals surface area contributed by atoms with Gasteiger partial charge in [0.1, 0.15) is 0 Å². The van der Waals surface area contributed by atoms with Crippen molar-refractivity contribution in [2.24, 2.45) is 0 Å². The summed E-state index contributed by atoms with van der Waals surface area (Å²) in [7, 11) is 0. The van der Waals surface area contributed by atoms with E-state index >= 15 is 0 Å². The highest BCUT2D eigenvalue weighted by Gasteiger charge is 2.08. The summed E-state index contributed by atoms with van der Waals surface area (Å²) in [6.07, 6.45) is 4.78. The fourth-order valence-electron chi connectivity index (χ4n) is 2.81. The van der Waals surface area contributed by atoms with Gasteiger partial charge in [0, 0.05) is 16.0 Å². The minimum Gasteiger partial charge on any atom is -0.235 e. The Morgan fingerprint density at radius 2 is 1.96 bits per heavy atom. The Hall–Kier alpha value is -2.17. The Morgan fingerprint density at radius 3 is 2.79 bits per heavy atom. The second-order valence-electron chi connectivity index (χ2n) is 5.70. The van der Waals surface area contributed by atoms with Crippen molar-refractivity contribution in [3.05, 3.63) is 75.7 Å². The molecule has 0 fully saturated rings. The molecule has 3 heterocycles. The van der Waals surface area contributed by atoms with Gasteiger partial charge in [-0.05, 0) is 54.5 Å². The number of halogens is 1. The van der Waals surface area contributed by atoms with Crippen LogP contribution in [-0.4, -0.2) is 14.6 Å². The van der Waals surface area contributed by atoms with Gasteiger partial charge in [-0.25, -0.2) is 9.50 Å². The van der Waals surface area contributed by atoms with Crippen LogP contribution in [0.15, 0.2) is 59.4 Å². The molecule has 120 valence electrons. The lowest BCUT2D eigenvalue weighted by molar-refractivity contribution is 0.765. The summed E-state index contributed by atoms with van der Waals surface area (Å²) >= 11 is 7.90. The molecule has 24 heavy (non-hydrogen) atoms. The number of fused-ring (bicyclic) bond motifs is 1. The summed E-state index contributed by atoms with van der Waals surface area (Å²) in [6.45, 7) is 0. The van der Waals surface area contributed by atoms with Crippen LogP contribution in [0.1, 0.15) is 17.7 Å². The Kier molecular flexibility index (Phi) is 4.32. The number of aromatic nitrogens is 3. The second-order valence-corrected chi connectivity index (χ2v) is 6.88. The van der Waals surface area contributed by atoms with Gasteiger partial charge < -0.3 is 0 Å². The van der Waals surface area contributed by atoms with E-state index in [0.717, 1.165) is 46.9 Å². The van der Waals surface area contributed by atoms with Crippen LogP contribution in [-0.2, 0) is 12.8 Å². The molecule has 0 aliphatic rings. The van der Waals surface area contributed by atoms with Gasteiger partial charge in [-0.15, -0.1) is 0 Å². The first-order valence-corrected chi connectivity index (χ1v) is 9.23. The molecule has 0 aliphatic carbocycles. The van der Waals surface area contributed by atoms with E-state index in [9.17, 15) is 0 Å². The van der Waals surface area contributed by atoms with Gasteiger partial charge in [0.15, 0.2) is 5.65 Å². The zero-order valence-electron chi connectivity index (χ0n) is 13.0. The fourth-order valence-corrected chi connectivity index (χ4v) is 3.69. The van der Waals surface area contributed by atoms with E-state index < -0.39 is 0 Å². The van der Waals surface area contributed by atoms with E-state index in [-0.39, 0.29) is 0 Å². The monoisotopic (exact) mass is 353 g/mol. The molecule has 0 saturated heterocycles. The molecule has 0 bridgehead atoms. The molecule has 4 rings (SSSR count). The highest BCUT2D eigenvalue weighted by atomic mass is 35.5. The molecule has 3 nitrogen and oxygen atoms in total. The minimum absolute atomic E-state index is 0.843. The molecule has 0 aliphatic heterocycles. The molecule has 3 aromatic heterocycles. The van der Waals surface area contributed by atoms with Gasteiger partial charge >= 0.3 is 0 Å². The number of imidazole rings is 1. The van der Waals surface area contributed by atoms with Gasteiger partial charge in [-0.2, -0.15) is 16.4 Å². The van der Waals surface area contributed by atoms with E-state index in [1.54, 1.807) is 11.3 Å². The highest BCUT2D eigenvalue weighted by Crippen LogP contribution is 2.23. The summed E-state index contributed by atoms with van der Waals surface area (Å²) in [4.78, 5) is 4.44. The number of hydrogen-bond acceptors (Lipinski definition) is 3. The highest BCUT2D eigenvalue weighted by molar-refractivity contribution is 7.08. The molecule has 0 unspecified atom stereocenters. The maximum Gasteiger partial charge on any atom is 0.154 e. The summed E-state index contributed by atoms with van der Waals surface area (Å²) in [5.41, 5.74) is 5.35. The number of hydrogen-bond donors (Lipinski definition) is 0. The molecule has 0 saturated carbocycles. The van der Waals surface area contributed by atoms with Crippen molar-refractivity contribution in [3.8, 4) is 11.3 Å². The Balaban J connectivity index is 1.53. The molecule has 0 N–H and O–H groups in total. The lowest BCUT2D eigenvalue weighted by Crippen LogP contribution is -2.00. The van der Waals surface area contributed by atoms with Gasteiger partial charge in [0.05, 0.1) is 17.6 Å². The number of thiophene rings is 1. The number of rotatable bonds is 5. The van der Waals surface area contributed by atoms with Crippen LogP contribution in [0.25, 0.3) is 16.9 Å². The maximum absolute atomic E-state index is 6.22. The van der Waals surface area contributed by atoms with Crippen molar-refractivity contribution >= 4 is 28.6 Å². The summed E-state index contributed by atoms with van der Waals surface area (Å²) in [5, 5.41) is 9.81. The van der Waals surface area contributed by atoms with Crippen molar-refractivity contribution in [1.29, 1.82) is 0 Å². The summed E-state index contributed by atoms with van der Waals surface area (Å²) < 4.78 is 1.94. The number of nitrogens with zero attached hydrogens (tertiary/aromatic N) is 3. The molecule has 4 aromatic rings. The molecular formula is C19H16ClN3S. The quantitative estimate of drug-likeness (QED) is 0.488. The van der Waals surface area contributed by atoms with E-state index in [4.69, 9.17) is 16.7 Å². The van der Waals surface area contributed by atoms with E-state index in [2.05, 4.69) is 33.9 Å². The zero-order valence-corrected chi connectivity index (χ0v) is 14.6. The third kappa shape index (κ3) is 3.07. The fraction of sp³-hybridized carbons (Fsp3) is 0.158. The smallest absolute Gasteiger partial charge is 0.154 e. The lowest BCUT2D eigenvalue weighted by Gasteiger charge is -2.05. The molecule has 1 aromatic carbocycles. The number of aryl methyl sites for hydroxylation is 2. The van der Waals surface area contributed by atoms with Crippen molar-refractivity contribution in [3.63, 3.8) is 0 Å². The number of benzene rings is 1. The third-order valence-corrected chi connectivity index (χ3v) is 5.12. The molecule has 0 amide bonds. The third-order valence-electron chi connectivity index (χ3n) is 4.07. The average Bonchev–Trinajstić information content (AvgIpc) is 3.25. The zero-order chi connectivity index (χ0) is 16.4. The van der Waals surface area contributed by atoms with Crippen LogP contribution in [0, 0.1) is 0 Å². The van der Waals surface area contributed by atoms with Crippen molar-refractivity contribution in [2.75, 3.05) is 0 Å². The van der Waals surface area contributed by atoms with Crippen LogP contribution in [0.5, 0.6) is 0 Å². The van der Waals surface area contributed by atoms with Crippen LogP contribution in [0.2, 0.25) is 5.02 Å². The first kappa shape index (κ1) is 15.4. The molecule has 0 spiro atoms. The Labute approximate surface area is 149 Å². The maximum atomic E-state index is 6.22. The Morgan fingerprint density at radius 1 is 1.04 bits per heavy atom. The predicted octanol–water partition coefficient (Wildman–Crippen LogP) is 5.29. The van der Waals surface area contributed by atoms with Crippen molar-refractivity contribution in [2.45, 2.75) is 19.3 Å². The standard InChI is InChI=1S/C19H16ClN3S/c20-17-7-2-1-4-14(17)5-3-6-16-8-9-19-21-12-18(23(19)22-16)15-10-11-24-13-15/h1-2,4,7-13H,3,5-6H2. The normalized spacial score (nSPS) is 11.2. The summed E-state index contributed by atoms with van der Waals surface area (Å²) in [6, 6.07) is 14.2. The average molecular weight is 354 g/mol. The van der Waals surface area contributed by atoms with Gasteiger partial charge in [0.25, 0.3) is 0 Å². The van der Waals surface area contributed by atoms with E-state index in [0.29, 0.717) is 0 Å². The summed E-state index contributed by atoms with van der Waals surface area (Å²) in [5.74, 6) is 0. The van der Waals surface area contributed by atoms with Gasteiger partial charge in [-0.1, -0.05) is 29.8 Å². The molecule has 0 atom stereocenters. The Bertz CT molecular complexity index is 960. The largest absolute Gasteiger partial charge is 0.235 e. The van der Waals surface area contributed by atoms with E-state index in [1.807, 2.05) is 35.0 Å². The lowest BCUT2D eigenvalue weighted by atomic mass is 10.1. The van der Waals surface area contributed by atoms with Crippen LogP contribution < -0.4 is 0 Å². The topological polar surface area (TPSA) is 30.2 Å². The first-order valence-electron chi connectivity index (χ1n) is 7.91. The van der Waals surface area contributed by atoms with Crippen molar-refractivity contribution in [1.82, 2.24) is 14.6 Å². The SMILES string of the molecule is Clc1ccccc1CCCc1ccc2ncc(-c3ccsc3)n2n1. The molecule has 0 radical (unpaired) electrons. The van der Waals surface area contributed by atoms with Crippen molar-refractivity contribution < 1.29 is 0 Å². The second kappa shape index (κ2) is 6.75. The minimum atomic E-state index is 0.843. The first-order chi connectivity index (χ1) is 11.8. The van der Waals surface area contributed by atoms with Gasteiger partial charge in [0.2, 0.25) is 0 Å². The van der Waals surface area contributed by atoms with Gasteiger partial charge in [-0.3, -0.25) is 0 Å². The predicted molar refractivity (Wildman–Crippen MR) is 99.8 cm³/mol. The van der Waals surface area contributed by atoms with Crippen LogP contribution in [0.3, 0.4) is 0 Å². The van der Waals surface area contributed by atoms with Crippen LogP contribution in [0.4, 0.5) is 0 Å². The molecule has 5 heteroatoms. The van der Waals surface area contributed by atoms with E-state index in [1.165, 1.54) is 5.56 Å². The molecular weight excluding hydrogens is 338 g/mol.